The molecular formula is C14H11FN2O2S. The minimum absolute atomic E-state index is 0.147. The van der Waals surface area contributed by atoms with E-state index in [9.17, 15) is 14.0 Å². The van der Waals surface area contributed by atoms with Gasteiger partial charge in [0.1, 0.15) is 5.82 Å². The summed E-state index contributed by atoms with van der Waals surface area (Å²) >= 11 is 1.47. The first kappa shape index (κ1) is 12.9. The van der Waals surface area contributed by atoms with Crippen LogP contribution >= 0.6 is 11.3 Å². The molecule has 1 aromatic carbocycles. The van der Waals surface area contributed by atoms with E-state index in [-0.39, 0.29) is 12.1 Å². The summed E-state index contributed by atoms with van der Waals surface area (Å²) in [7, 11) is 0. The molecule has 3 rings (SSSR count). The van der Waals surface area contributed by atoms with Gasteiger partial charge in [0.2, 0.25) is 0 Å². The number of anilines is 1. The number of aryl methyl sites for hydroxylation is 2. The third-order valence-corrected chi connectivity index (χ3v) is 4.10. The maximum atomic E-state index is 13.4. The Morgan fingerprint density at radius 3 is 2.70 bits per heavy atom. The summed E-state index contributed by atoms with van der Waals surface area (Å²) in [6.45, 7) is 3.86. The van der Waals surface area contributed by atoms with Crippen molar-refractivity contribution in [1.82, 2.24) is 4.98 Å². The van der Waals surface area contributed by atoms with Crippen LogP contribution in [0.3, 0.4) is 0 Å². The molecule has 102 valence electrons. The highest BCUT2D eigenvalue weighted by Crippen LogP contribution is 2.34. The van der Waals surface area contributed by atoms with Crippen molar-refractivity contribution in [2.24, 2.45) is 0 Å². The van der Waals surface area contributed by atoms with Crippen LogP contribution in [0.5, 0.6) is 0 Å². The molecular weight excluding hydrogens is 279 g/mol. The number of aromatic nitrogens is 1. The number of carbonyl (C=O) groups excluding carboxylic acids is 2. The number of Topliss-reactive ketones (excluding diaryl/α,β-unsaturated/α-hetero) is 1. The molecule has 1 amide bonds. The molecule has 0 bridgehead atoms. The molecule has 2 aromatic rings. The summed E-state index contributed by atoms with van der Waals surface area (Å²) in [6.07, 6.45) is 1.69. The second kappa shape index (κ2) is 4.49. The second-order valence-corrected chi connectivity index (χ2v) is 6.00. The molecule has 0 saturated heterocycles. The molecule has 1 aromatic heterocycles. The minimum Gasteiger partial charge on any atom is -0.299 e. The molecule has 0 unspecified atom stereocenters. The van der Waals surface area contributed by atoms with E-state index < -0.39 is 17.5 Å². The van der Waals surface area contributed by atoms with E-state index in [0.29, 0.717) is 11.3 Å². The van der Waals surface area contributed by atoms with E-state index in [1.54, 1.807) is 13.1 Å². The lowest BCUT2D eigenvalue weighted by Gasteiger charge is -2.17. The highest BCUT2D eigenvalue weighted by Gasteiger charge is 2.37. The zero-order chi connectivity index (χ0) is 14.4. The molecule has 1 aliphatic heterocycles. The van der Waals surface area contributed by atoms with Gasteiger partial charge in [0.15, 0.2) is 0 Å². The SMILES string of the molecule is Cc1ncc(CN2C(=O)C(=O)c3cc(F)cc(C)c32)s1. The van der Waals surface area contributed by atoms with Gasteiger partial charge in [0.25, 0.3) is 11.7 Å². The fourth-order valence-electron chi connectivity index (χ4n) is 2.39. The lowest BCUT2D eigenvalue weighted by Crippen LogP contribution is -2.29. The van der Waals surface area contributed by atoms with Gasteiger partial charge in [-0.15, -0.1) is 11.3 Å². The van der Waals surface area contributed by atoms with Gasteiger partial charge in [-0.25, -0.2) is 9.37 Å². The Morgan fingerprint density at radius 2 is 2.05 bits per heavy atom. The summed E-state index contributed by atoms with van der Waals surface area (Å²) in [5.74, 6) is -1.76. The van der Waals surface area contributed by atoms with Gasteiger partial charge in [-0.3, -0.25) is 14.5 Å². The van der Waals surface area contributed by atoms with E-state index in [2.05, 4.69) is 4.98 Å². The fourth-order valence-corrected chi connectivity index (χ4v) is 3.18. The first-order chi connectivity index (χ1) is 9.47. The van der Waals surface area contributed by atoms with Crippen LogP contribution in [0, 0.1) is 19.7 Å². The Balaban J connectivity index is 2.06. The number of benzene rings is 1. The fraction of sp³-hybridized carbons (Fsp3) is 0.214. The van der Waals surface area contributed by atoms with E-state index in [1.165, 1.54) is 22.3 Å². The van der Waals surface area contributed by atoms with Crippen molar-refractivity contribution < 1.29 is 14.0 Å². The van der Waals surface area contributed by atoms with Crippen LogP contribution in [-0.4, -0.2) is 16.7 Å². The minimum atomic E-state index is -0.649. The monoisotopic (exact) mass is 290 g/mol. The van der Waals surface area contributed by atoms with Gasteiger partial charge in [-0.1, -0.05) is 0 Å². The molecule has 0 atom stereocenters. The molecule has 1 aliphatic rings. The Morgan fingerprint density at radius 1 is 1.30 bits per heavy atom. The van der Waals surface area contributed by atoms with Crippen LogP contribution in [0.15, 0.2) is 18.3 Å². The van der Waals surface area contributed by atoms with Crippen molar-refractivity contribution in [3.63, 3.8) is 0 Å². The van der Waals surface area contributed by atoms with Crippen molar-refractivity contribution in [2.75, 3.05) is 4.90 Å². The molecule has 0 fully saturated rings. The average molecular weight is 290 g/mol. The van der Waals surface area contributed by atoms with Crippen molar-refractivity contribution >= 4 is 28.7 Å². The Labute approximate surface area is 118 Å². The summed E-state index contributed by atoms with van der Waals surface area (Å²) in [5.41, 5.74) is 1.24. The largest absolute Gasteiger partial charge is 0.299 e. The Hall–Kier alpha value is -2.08. The number of amides is 1. The Kier molecular flexibility index (Phi) is 2.90. The van der Waals surface area contributed by atoms with Crippen LogP contribution in [0.1, 0.15) is 25.8 Å². The highest BCUT2D eigenvalue weighted by atomic mass is 32.1. The molecule has 2 heterocycles. The van der Waals surface area contributed by atoms with Crippen LogP contribution in [0.25, 0.3) is 0 Å². The predicted octanol–water partition coefficient (Wildman–Crippen LogP) is 2.63. The maximum absolute atomic E-state index is 13.4. The van der Waals surface area contributed by atoms with E-state index in [0.717, 1.165) is 16.0 Å². The van der Waals surface area contributed by atoms with E-state index in [1.807, 2.05) is 6.92 Å². The molecule has 4 nitrogen and oxygen atoms in total. The molecule has 6 heteroatoms. The van der Waals surface area contributed by atoms with Gasteiger partial charge in [-0.2, -0.15) is 0 Å². The normalized spacial score (nSPS) is 14.1. The lowest BCUT2D eigenvalue weighted by molar-refractivity contribution is -0.114. The molecule has 0 N–H and O–H groups in total. The van der Waals surface area contributed by atoms with Crippen molar-refractivity contribution in [2.45, 2.75) is 20.4 Å². The zero-order valence-electron chi connectivity index (χ0n) is 10.9. The summed E-state index contributed by atoms with van der Waals surface area (Å²) in [4.78, 5) is 30.4. The van der Waals surface area contributed by atoms with Crippen molar-refractivity contribution in [1.29, 1.82) is 0 Å². The van der Waals surface area contributed by atoms with Crippen LogP contribution in [0.2, 0.25) is 0 Å². The zero-order valence-corrected chi connectivity index (χ0v) is 11.8. The molecule has 20 heavy (non-hydrogen) atoms. The summed E-state index contributed by atoms with van der Waals surface area (Å²) in [6, 6.07) is 2.45. The first-order valence-electron chi connectivity index (χ1n) is 6.05. The molecule has 0 saturated carbocycles. The smallest absolute Gasteiger partial charge is 0.299 e. The number of hydrogen-bond donors (Lipinski definition) is 0. The summed E-state index contributed by atoms with van der Waals surface area (Å²) in [5, 5.41) is 0.897. The van der Waals surface area contributed by atoms with Gasteiger partial charge in [0, 0.05) is 11.1 Å². The lowest BCUT2D eigenvalue weighted by atomic mass is 10.1. The molecule has 0 aliphatic carbocycles. The van der Waals surface area contributed by atoms with Crippen LogP contribution < -0.4 is 4.90 Å². The number of carbonyl (C=O) groups is 2. The van der Waals surface area contributed by atoms with Gasteiger partial charge in [-0.05, 0) is 31.5 Å². The number of fused-ring (bicyclic) bond motifs is 1. The predicted molar refractivity (Wildman–Crippen MR) is 73.5 cm³/mol. The molecule has 0 spiro atoms. The number of ketones is 1. The standard InChI is InChI=1S/C14H11FN2O2S/c1-7-3-9(15)4-11-12(7)17(14(19)13(11)18)6-10-5-16-8(2)20-10/h3-5H,6H2,1-2H3. The van der Waals surface area contributed by atoms with Crippen LogP contribution in [0.4, 0.5) is 10.1 Å². The van der Waals surface area contributed by atoms with Crippen molar-refractivity contribution in [3.05, 3.63) is 45.2 Å². The van der Waals surface area contributed by atoms with Gasteiger partial charge >= 0.3 is 0 Å². The van der Waals surface area contributed by atoms with E-state index in [4.69, 9.17) is 0 Å². The topological polar surface area (TPSA) is 50.3 Å². The second-order valence-electron chi connectivity index (χ2n) is 4.68. The van der Waals surface area contributed by atoms with Gasteiger partial charge in [0.05, 0.1) is 22.8 Å². The number of thiazole rings is 1. The number of rotatable bonds is 2. The quantitative estimate of drug-likeness (QED) is 0.799. The van der Waals surface area contributed by atoms with Crippen LogP contribution in [-0.2, 0) is 11.3 Å². The van der Waals surface area contributed by atoms with Crippen molar-refractivity contribution in [3.8, 4) is 0 Å². The number of hydrogen-bond acceptors (Lipinski definition) is 4. The highest BCUT2D eigenvalue weighted by molar-refractivity contribution is 7.11. The first-order valence-corrected chi connectivity index (χ1v) is 6.86. The average Bonchev–Trinajstić information content (AvgIpc) is 2.88. The third-order valence-electron chi connectivity index (χ3n) is 3.20. The maximum Gasteiger partial charge on any atom is 0.299 e. The van der Waals surface area contributed by atoms with Gasteiger partial charge < -0.3 is 0 Å². The Bertz CT molecular complexity index is 739. The molecule has 0 radical (unpaired) electrons. The van der Waals surface area contributed by atoms with E-state index >= 15 is 0 Å². The number of nitrogens with zero attached hydrogens (tertiary/aromatic N) is 2. The number of halogens is 1. The summed E-state index contributed by atoms with van der Waals surface area (Å²) < 4.78 is 13.4. The third kappa shape index (κ3) is 1.92.